The molecule has 1 atom stereocenters. The van der Waals surface area contributed by atoms with E-state index in [9.17, 15) is 22.4 Å². The van der Waals surface area contributed by atoms with Gasteiger partial charge >= 0.3 is 0 Å². The lowest BCUT2D eigenvalue weighted by Gasteiger charge is -2.29. The van der Waals surface area contributed by atoms with Crippen molar-refractivity contribution in [1.82, 2.24) is 15.2 Å². The van der Waals surface area contributed by atoms with Gasteiger partial charge in [-0.15, -0.1) is 0 Å². The van der Waals surface area contributed by atoms with Crippen LogP contribution in [-0.2, 0) is 19.6 Å². The molecule has 1 heterocycles. The molecule has 2 aromatic rings. The molecule has 0 aromatic heterocycles. The summed E-state index contributed by atoms with van der Waals surface area (Å²) in [5.41, 5.74) is 5.46. The molecule has 0 radical (unpaired) electrons. The molecule has 2 N–H and O–H groups in total. The van der Waals surface area contributed by atoms with Crippen LogP contribution in [0.25, 0.3) is 6.08 Å². The van der Waals surface area contributed by atoms with E-state index in [2.05, 4.69) is 10.9 Å². The van der Waals surface area contributed by atoms with Gasteiger partial charge < -0.3 is 4.74 Å². The van der Waals surface area contributed by atoms with Crippen molar-refractivity contribution in [3.63, 3.8) is 0 Å². The van der Waals surface area contributed by atoms with Crippen molar-refractivity contribution in [3.8, 4) is 5.75 Å². The van der Waals surface area contributed by atoms with Crippen LogP contribution in [0, 0.1) is 11.7 Å². The summed E-state index contributed by atoms with van der Waals surface area (Å²) in [6, 6.07) is 14.3. The Labute approximate surface area is 192 Å². The lowest BCUT2D eigenvalue weighted by atomic mass is 9.98. The van der Waals surface area contributed by atoms with E-state index in [1.807, 2.05) is 30.3 Å². The number of amides is 2. The largest absolute Gasteiger partial charge is 0.481 e. The Balaban J connectivity index is 1.43. The van der Waals surface area contributed by atoms with Gasteiger partial charge in [0.05, 0.1) is 0 Å². The van der Waals surface area contributed by atoms with Crippen LogP contribution in [0.4, 0.5) is 4.39 Å². The normalized spacial score (nSPS) is 16.3. The highest BCUT2D eigenvalue weighted by Gasteiger charge is 2.30. The molecule has 33 heavy (non-hydrogen) atoms. The lowest BCUT2D eigenvalue weighted by Crippen LogP contribution is -2.50. The average molecular weight is 476 g/mol. The first-order valence-corrected chi connectivity index (χ1v) is 12.0. The molecule has 0 bridgehead atoms. The van der Waals surface area contributed by atoms with Crippen LogP contribution in [0.15, 0.2) is 60.0 Å². The molecule has 2 amide bonds. The second-order valence-electron chi connectivity index (χ2n) is 7.62. The Morgan fingerprint density at radius 3 is 2.33 bits per heavy atom. The number of sulfonamides is 1. The number of rotatable bonds is 7. The smallest absolute Gasteiger partial charge is 0.279 e. The molecule has 1 unspecified atom stereocenters. The van der Waals surface area contributed by atoms with E-state index in [-0.39, 0.29) is 13.1 Å². The summed E-state index contributed by atoms with van der Waals surface area (Å²) in [7, 11) is -3.59. The zero-order valence-corrected chi connectivity index (χ0v) is 18.9. The van der Waals surface area contributed by atoms with Gasteiger partial charge in [0.15, 0.2) is 6.10 Å². The topological polar surface area (TPSA) is 105 Å². The Kier molecular flexibility index (Phi) is 8.18. The molecule has 0 aliphatic carbocycles. The van der Waals surface area contributed by atoms with Gasteiger partial charge in [-0.25, -0.2) is 12.8 Å². The molecular weight excluding hydrogens is 449 g/mol. The summed E-state index contributed by atoms with van der Waals surface area (Å²) in [6.07, 6.45) is 1.29. The molecule has 1 fully saturated rings. The monoisotopic (exact) mass is 475 g/mol. The van der Waals surface area contributed by atoms with E-state index in [1.165, 1.54) is 40.9 Å². The summed E-state index contributed by atoms with van der Waals surface area (Å²) in [6.45, 7) is 1.91. The second kappa shape index (κ2) is 11.1. The quantitative estimate of drug-likeness (QED) is 0.599. The number of hydrazine groups is 1. The first-order valence-electron chi connectivity index (χ1n) is 10.5. The fraction of sp³-hybridized carbons (Fsp3) is 0.304. The molecule has 8 nitrogen and oxygen atoms in total. The first-order chi connectivity index (χ1) is 15.7. The van der Waals surface area contributed by atoms with Gasteiger partial charge in [0.25, 0.3) is 5.91 Å². The molecule has 1 aliphatic rings. The minimum atomic E-state index is -3.59. The van der Waals surface area contributed by atoms with E-state index < -0.39 is 39.7 Å². The highest BCUT2D eigenvalue weighted by Crippen LogP contribution is 2.21. The third-order valence-corrected chi connectivity index (χ3v) is 6.79. The van der Waals surface area contributed by atoms with Crippen molar-refractivity contribution in [2.75, 3.05) is 13.1 Å². The molecule has 0 spiro atoms. The number of hydrogen-bond donors (Lipinski definition) is 2. The minimum absolute atomic E-state index is 0.206. The molecule has 10 heteroatoms. The number of carbonyl (C=O) groups excluding carboxylic acids is 2. The van der Waals surface area contributed by atoms with Gasteiger partial charge in [0.1, 0.15) is 11.6 Å². The number of halogens is 1. The van der Waals surface area contributed by atoms with Gasteiger partial charge in [0, 0.05) is 24.4 Å². The van der Waals surface area contributed by atoms with Crippen LogP contribution in [-0.4, -0.2) is 43.7 Å². The van der Waals surface area contributed by atoms with E-state index in [0.717, 1.165) is 5.56 Å². The van der Waals surface area contributed by atoms with Crippen molar-refractivity contribution in [2.45, 2.75) is 25.9 Å². The van der Waals surface area contributed by atoms with Crippen LogP contribution in [0.3, 0.4) is 0 Å². The van der Waals surface area contributed by atoms with Crippen molar-refractivity contribution in [3.05, 3.63) is 71.4 Å². The number of ether oxygens (including phenoxy) is 1. The molecule has 0 saturated carbocycles. The Morgan fingerprint density at radius 2 is 1.70 bits per heavy atom. The van der Waals surface area contributed by atoms with Crippen molar-refractivity contribution in [2.24, 2.45) is 5.92 Å². The summed E-state index contributed by atoms with van der Waals surface area (Å²) in [5, 5.41) is 1.17. The standard InChI is InChI=1S/C23H26FN3O5S/c1-17(32-21-9-7-20(24)8-10-21)22(28)25-26-23(29)19-11-14-27(15-12-19)33(30,31)16-13-18-5-3-2-4-6-18/h2-10,13,16-17,19H,11-12,14-15H2,1H3,(H,25,28)(H,26,29)/b16-13+. The molecule has 1 aliphatic heterocycles. The van der Waals surface area contributed by atoms with Gasteiger partial charge in [-0.1, -0.05) is 30.3 Å². The molecule has 2 aromatic carbocycles. The maximum absolute atomic E-state index is 12.9. The van der Waals surface area contributed by atoms with E-state index >= 15 is 0 Å². The Morgan fingerprint density at radius 1 is 1.06 bits per heavy atom. The predicted octanol–water partition coefficient (Wildman–Crippen LogP) is 2.45. The fourth-order valence-corrected chi connectivity index (χ4v) is 4.51. The van der Waals surface area contributed by atoms with Crippen LogP contribution < -0.4 is 15.6 Å². The van der Waals surface area contributed by atoms with Crippen molar-refractivity contribution < 1.29 is 27.1 Å². The van der Waals surface area contributed by atoms with Crippen LogP contribution in [0.2, 0.25) is 0 Å². The lowest BCUT2D eigenvalue weighted by molar-refractivity contribution is -0.134. The third kappa shape index (κ3) is 7.13. The number of piperidine rings is 1. The highest BCUT2D eigenvalue weighted by molar-refractivity contribution is 7.92. The average Bonchev–Trinajstić information content (AvgIpc) is 2.83. The fourth-order valence-electron chi connectivity index (χ4n) is 3.28. The molecular formula is C23H26FN3O5S. The summed E-state index contributed by atoms with van der Waals surface area (Å²) in [5.74, 6) is -1.49. The number of benzene rings is 2. The van der Waals surface area contributed by atoms with E-state index in [0.29, 0.717) is 18.6 Å². The van der Waals surface area contributed by atoms with Crippen molar-refractivity contribution >= 4 is 27.9 Å². The van der Waals surface area contributed by atoms with Gasteiger partial charge in [-0.2, -0.15) is 4.31 Å². The Hall–Kier alpha value is -3.24. The summed E-state index contributed by atoms with van der Waals surface area (Å²) < 4.78 is 44.8. The first kappa shape index (κ1) is 24.4. The minimum Gasteiger partial charge on any atom is -0.481 e. The van der Waals surface area contributed by atoms with Crippen LogP contribution in [0.5, 0.6) is 5.75 Å². The highest BCUT2D eigenvalue weighted by atomic mass is 32.2. The summed E-state index contributed by atoms with van der Waals surface area (Å²) >= 11 is 0. The number of hydrogen-bond acceptors (Lipinski definition) is 5. The maximum Gasteiger partial charge on any atom is 0.279 e. The number of nitrogens with one attached hydrogen (secondary N) is 2. The van der Waals surface area contributed by atoms with E-state index in [1.54, 1.807) is 6.08 Å². The molecule has 1 saturated heterocycles. The Bertz CT molecular complexity index is 1080. The zero-order valence-electron chi connectivity index (χ0n) is 18.1. The second-order valence-corrected chi connectivity index (χ2v) is 9.44. The predicted molar refractivity (Wildman–Crippen MR) is 121 cm³/mol. The SMILES string of the molecule is CC(Oc1ccc(F)cc1)C(=O)NNC(=O)C1CCN(S(=O)(=O)/C=C/c2ccccc2)CC1. The summed E-state index contributed by atoms with van der Waals surface area (Å²) in [4.78, 5) is 24.6. The van der Waals surface area contributed by atoms with Crippen LogP contribution in [0.1, 0.15) is 25.3 Å². The van der Waals surface area contributed by atoms with Gasteiger partial charge in [-0.05, 0) is 55.7 Å². The number of carbonyl (C=O) groups is 2. The number of nitrogens with zero attached hydrogens (tertiary/aromatic N) is 1. The molecule has 176 valence electrons. The van der Waals surface area contributed by atoms with E-state index in [4.69, 9.17) is 4.74 Å². The van der Waals surface area contributed by atoms with Crippen molar-refractivity contribution in [1.29, 1.82) is 0 Å². The van der Waals surface area contributed by atoms with Gasteiger partial charge in [0.2, 0.25) is 15.9 Å². The third-order valence-electron chi connectivity index (χ3n) is 5.22. The maximum atomic E-state index is 12.9. The molecule has 3 rings (SSSR count). The zero-order chi connectivity index (χ0) is 23.8. The van der Waals surface area contributed by atoms with Gasteiger partial charge in [-0.3, -0.25) is 20.4 Å². The van der Waals surface area contributed by atoms with Crippen LogP contribution >= 0.6 is 0 Å².